The number of pyridine rings is 1. The number of nitrogens with zero attached hydrogens (tertiary/aromatic N) is 1. The molecule has 4 rings (SSSR count). The summed E-state index contributed by atoms with van der Waals surface area (Å²) in [4.78, 5) is 4.62. The molecule has 1 N–H and O–H groups in total. The highest BCUT2D eigenvalue weighted by Crippen LogP contribution is 2.34. The van der Waals surface area contributed by atoms with Crippen LogP contribution in [0.4, 0.5) is 11.5 Å². The molecule has 2 nitrogen and oxygen atoms in total. The van der Waals surface area contributed by atoms with Gasteiger partial charge in [0.05, 0.1) is 5.69 Å². The van der Waals surface area contributed by atoms with Gasteiger partial charge in [0.25, 0.3) is 0 Å². The second-order valence-electron chi connectivity index (χ2n) is 8.59. The van der Waals surface area contributed by atoms with Crippen LogP contribution in [0.2, 0.25) is 0 Å². The maximum atomic E-state index is 4.62. The molecule has 0 aliphatic heterocycles. The molecular weight excluding hydrogens is 376 g/mol. The zero-order valence-corrected chi connectivity index (χ0v) is 18.7. The van der Waals surface area contributed by atoms with E-state index in [1.54, 1.807) is 0 Å². The Morgan fingerprint density at radius 3 is 1.97 bits per heavy atom. The quantitative estimate of drug-likeness (QED) is 0.197. The minimum atomic E-state index is 0.929. The van der Waals surface area contributed by atoms with Crippen LogP contribution < -0.4 is 5.32 Å². The highest BCUT2D eigenvalue weighted by molar-refractivity contribution is 6.11. The molecule has 0 atom stereocenters. The number of nitrogens with one attached hydrogen (secondary N) is 1. The second-order valence-corrected chi connectivity index (χ2v) is 8.59. The summed E-state index contributed by atoms with van der Waals surface area (Å²) in [5.74, 6) is 0.929. The van der Waals surface area contributed by atoms with E-state index < -0.39 is 0 Å². The summed E-state index contributed by atoms with van der Waals surface area (Å²) in [6, 6.07) is 23.8. The molecule has 0 saturated carbocycles. The Morgan fingerprint density at radius 2 is 1.29 bits per heavy atom. The molecule has 0 amide bonds. The number of aryl methyl sites for hydroxylation is 1. The van der Waals surface area contributed by atoms with Crippen LogP contribution in [0.15, 0.2) is 72.9 Å². The summed E-state index contributed by atoms with van der Waals surface area (Å²) in [6.07, 6.45) is 13.9. The number of anilines is 2. The van der Waals surface area contributed by atoms with Crippen molar-refractivity contribution >= 4 is 33.1 Å². The predicted molar refractivity (Wildman–Crippen MR) is 135 cm³/mol. The third kappa shape index (κ3) is 5.64. The third-order valence-electron chi connectivity index (χ3n) is 6.17. The highest BCUT2D eigenvalue weighted by atomic mass is 15.0. The van der Waals surface area contributed by atoms with Crippen molar-refractivity contribution in [1.29, 1.82) is 0 Å². The number of fused-ring (bicyclic) bond motifs is 2. The summed E-state index contributed by atoms with van der Waals surface area (Å²) in [7, 11) is 0. The molecule has 4 aromatic rings. The van der Waals surface area contributed by atoms with Gasteiger partial charge in [-0.15, -0.1) is 0 Å². The van der Waals surface area contributed by atoms with Gasteiger partial charge in [0.2, 0.25) is 0 Å². The van der Waals surface area contributed by atoms with Crippen LogP contribution in [0.3, 0.4) is 0 Å². The van der Waals surface area contributed by atoms with E-state index in [0.717, 1.165) is 17.9 Å². The Labute approximate surface area is 186 Å². The number of rotatable bonds is 11. The molecular formula is C29H34N2. The molecule has 0 fully saturated rings. The summed E-state index contributed by atoms with van der Waals surface area (Å²) in [5, 5.41) is 8.61. The lowest BCUT2D eigenvalue weighted by molar-refractivity contribution is 0.575. The van der Waals surface area contributed by atoms with Crippen molar-refractivity contribution in [2.45, 2.75) is 64.7 Å². The molecule has 0 saturated heterocycles. The molecule has 0 aliphatic rings. The fourth-order valence-electron chi connectivity index (χ4n) is 4.44. The molecule has 1 heterocycles. The molecule has 0 bridgehead atoms. The predicted octanol–water partition coefficient (Wildman–Crippen LogP) is 8.81. The van der Waals surface area contributed by atoms with Crippen molar-refractivity contribution in [2.24, 2.45) is 0 Å². The molecule has 2 heteroatoms. The van der Waals surface area contributed by atoms with Gasteiger partial charge in [0.15, 0.2) is 0 Å². The Hall–Kier alpha value is -2.87. The van der Waals surface area contributed by atoms with E-state index in [1.807, 2.05) is 6.20 Å². The van der Waals surface area contributed by atoms with Gasteiger partial charge in [-0.1, -0.05) is 100 Å². The minimum Gasteiger partial charge on any atom is -0.339 e. The average Bonchev–Trinajstić information content (AvgIpc) is 2.81. The van der Waals surface area contributed by atoms with Crippen LogP contribution >= 0.6 is 0 Å². The van der Waals surface area contributed by atoms with Crippen molar-refractivity contribution in [3.05, 3.63) is 78.5 Å². The summed E-state index contributed by atoms with van der Waals surface area (Å²) < 4.78 is 0. The van der Waals surface area contributed by atoms with E-state index in [-0.39, 0.29) is 0 Å². The van der Waals surface area contributed by atoms with E-state index in [2.05, 4.69) is 84.0 Å². The standard InChI is InChI=1S/C29H34N2/c1-2-3-4-5-6-7-8-9-14-23-19-20-30-28(21-23)31-29-26-17-12-10-15-24(26)22-25-16-11-13-18-27(25)29/h10-13,15-22H,2-9,14H2,1H3,(H,30,31). The molecule has 160 valence electrons. The zero-order valence-electron chi connectivity index (χ0n) is 18.7. The van der Waals surface area contributed by atoms with Gasteiger partial charge in [-0.25, -0.2) is 4.98 Å². The molecule has 1 aromatic heterocycles. The van der Waals surface area contributed by atoms with Crippen molar-refractivity contribution in [3.8, 4) is 0 Å². The largest absolute Gasteiger partial charge is 0.339 e. The summed E-state index contributed by atoms with van der Waals surface area (Å²) in [5.41, 5.74) is 2.51. The molecule has 0 radical (unpaired) electrons. The Morgan fingerprint density at radius 1 is 0.677 bits per heavy atom. The van der Waals surface area contributed by atoms with E-state index in [1.165, 1.54) is 78.5 Å². The normalized spacial score (nSPS) is 11.3. The van der Waals surface area contributed by atoms with E-state index >= 15 is 0 Å². The van der Waals surface area contributed by atoms with E-state index in [9.17, 15) is 0 Å². The smallest absolute Gasteiger partial charge is 0.130 e. The fourth-order valence-corrected chi connectivity index (χ4v) is 4.44. The van der Waals surface area contributed by atoms with Crippen LogP contribution in [0.5, 0.6) is 0 Å². The molecule has 0 unspecified atom stereocenters. The van der Waals surface area contributed by atoms with Gasteiger partial charge in [-0.05, 0) is 47.4 Å². The van der Waals surface area contributed by atoms with Gasteiger partial charge >= 0.3 is 0 Å². The lowest BCUT2D eigenvalue weighted by Gasteiger charge is -2.14. The minimum absolute atomic E-state index is 0.929. The van der Waals surface area contributed by atoms with Gasteiger partial charge in [-0.2, -0.15) is 0 Å². The first-order valence-electron chi connectivity index (χ1n) is 12.0. The molecule has 0 spiro atoms. The number of hydrogen-bond acceptors (Lipinski definition) is 2. The molecule has 0 aliphatic carbocycles. The lowest BCUT2D eigenvalue weighted by Crippen LogP contribution is -1.97. The zero-order chi connectivity index (χ0) is 21.3. The van der Waals surface area contributed by atoms with E-state index in [4.69, 9.17) is 0 Å². The first kappa shape index (κ1) is 21.4. The van der Waals surface area contributed by atoms with E-state index in [0.29, 0.717) is 0 Å². The van der Waals surface area contributed by atoms with Crippen molar-refractivity contribution in [1.82, 2.24) is 4.98 Å². The van der Waals surface area contributed by atoms with Gasteiger partial charge in [0.1, 0.15) is 5.82 Å². The van der Waals surface area contributed by atoms with Crippen LogP contribution in [0.25, 0.3) is 21.5 Å². The molecule has 31 heavy (non-hydrogen) atoms. The summed E-state index contributed by atoms with van der Waals surface area (Å²) >= 11 is 0. The monoisotopic (exact) mass is 410 g/mol. The average molecular weight is 411 g/mol. The Bertz CT molecular complexity index is 1060. The summed E-state index contributed by atoms with van der Waals surface area (Å²) in [6.45, 7) is 2.28. The van der Waals surface area contributed by atoms with Crippen LogP contribution in [0, 0.1) is 0 Å². The van der Waals surface area contributed by atoms with Gasteiger partial charge in [-0.3, -0.25) is 0 Å². The number of aromatic nitrogens is 1. The number of benzene rings is 3. The fraction of sp³-hybridized carbons (Fsp3) is 0.345. The SMILES string of the molecule is CCCCCCCCCCc1ccnc(Nc2c3ccccc3cc3ccccc23)c1. The van der Waals surface area contributed by atoms with Crippen LogP contribution in [0.1, 0.15) is 63.9 Å². The highest BCUT2D eigenvalue weighted by Gasteiger charge is 2.08. The van der Waals surface area contributed by atoms with Gasteiger partial charge < -0.3 is 5.32 Å². The van der Waals surface area contributed by atoms with Crippen molar-refractivity contribution < 1.29 is 0 Å². The first-order valence-corrected chi connectivity index (χ1v) is 12.0. The maximum Gasteiger partial charge on any atom is 0.130 e. The van der Waals surface area contributed by atoms with Crippen molar-refractivity contribution in [2.75, 3.05) is 5.32 Å². The third-order valence-corrected chi connectivity index (χ3v) is 6.17. The first-order chi connectivity index (χ1) is 15.3. The lowest BCUT2D eigenvalue weighted by atomic mass is 10.0. The number of hydrogen-bond donors (Lipinski definition) is 1. The molecule has 3 aromatic carbocycles. The maximum absolute atomic E-state index is 4.62. The second kappa shape index (κ2) is 10.9. The Kier molecular flexibility index (Phi) is 7.55. The number of unbranched alkanes of at least 4 members (excludes halogenated alkanes) is 7. The van der Waals surface area contributed by atoms with Gasteiger partial charge in [0, 0.05) is 17.0 Å². The van der Waals surface area contributed by atoms with Crippen molar-refractivity contribution in [3.63, 3.8) is 0 Å². The topological polar surface area (TPSA) is 24.9 Å². The van der Waals surface area contributed by atoms with Crippen LogP contribution in [-0.4, -0.2) is 4.98 Å². The van der Waals surface area contributed by atoms with Crippen LogP contribution in [-0.2, 0) is 6.42 Å². The Balaban J connectivity index is 1.44.